The molecule has 0 amide bonds. The molecule has 1 heterocycles. The van der Waals surface area contributed by atoms with Crippen LogP contribution in [0.3, 0.4) is 0 Å². The molecule has 0 aliphatic heterocycles. The van der Waals surface area contributed by atoms with Crippen molar-refractivity contribution >= 4 is 34.3 Å². The van der Waals surface area contributed by atoms with Crippen molar-refractivity contribution in [2.24, 2.45) is 5.92 Å². The Labute approximate surface area is 128 Å². The van der Waals surface area contributed by atoms with E-state index in [1.54, 1.807) is 23.1 Å². The minimum absolute atomic E-state index is 0.615. The molecule has 5 heteroatoms. The topological polar surface area (TPSA) is 37.8 Å². The molecular formula is C15H19N3S2. The van der Waals surface area contributed by atoms with Crippen LogP contribution in [0.2, 0.25) is 0 Å². The van der Waals surface area contributed by atoms with Gasteiger partial charge in [-0.15, -0.1) is 10.2 Å². The highest BCUT2D eigenvalue weighted by Crippen LogP contribution is 2.25. The minimum Gasteiger partial charge on any atom is -0.360 e. The first kappa shape index (κ1) is 15.1. The molecular weight excluding hydrogens is 286 g/mol. The van der Waals surface area contributed by atoms with Gasteiger partial charge in [-0.1, -0.05) is 79.4 Å². The second-order valence-electron chi connectivity index (χ2n) is 4.77. The Balaban J connectivity index is 1.75. The van der Waals surface area contributed by atoms with Crippen molar-refractivity contribution in [2.45, 2.75) is 18.2 Å². The Morgan fingerprint density at radius 3 is 2.80 bits per heavy atom. The van der Waals surface area contributed by atoms with Crippen molar-refractivity contribution < 1.29 is 0 Å². The summed E-state index contributed by atoms with van der Waals surface area (Å²) in [5.74, 6) is 1.53. The molecule has 1 aromatic heterocycles. The Kier molecular flexibility index (Phi) is 6.08. The fourth-order valence-electron chi connectivity index (χ4n) is 1.50. The second-order valence-corrected chi connectivity index (χ2v) is 7.02. The fraction of sp³-hybridized carbons (Fsp3) is 0.333. The molecule has 106 valence electrons. The second kappa shape index (κ2) is 8.07. The van der Waals surface area contributed by atoms with Gasteiger partial charge in [-0.05, 0) is 11.5 Å². The monoisotopic (exact) mass is 305 g/mol. The number of nitrogens with zero attached hydrogens (tertiary/aromatic N) is 2. The Morgan fingerprint density at radius 1 is 1.25 bits per heavy atom. The number of rotatable bonds is 7. The smallest absolute Gasteiger partial charge is 0.206 e. The minimum atomic E-state index is 0.615. The quantitative estimate of drug-likeness (QED) is 0.769. The van der Waals surface area contributed by atoms with E-state index in [1.165, 1.54) is 5.56 Å². The van der Waals surface area contributed by atoms with Gasteiger partial charge in [0, 0.05) is 12.3 Å². The van der Waals surface area contributed by atoms with E-state index in [2.05, 4.69) is 53.6 Å². The van der Waals surface area contributed by atoms with Crippen molar-refractivity contribution in [3.05, 3.63) is 42.0 Å². The molecule has 2 aromatic rings. The van der Waals surface area contributed by atoms with Crippen LogP contribution in [0.1, 0.15) is 19.4 Å². The highest BCUT2D eigenvalue weighted by atomic mass is 32.2. The molecule has 3 nitrogen and oxygen atoms in total. The lowest BCUT2D eigenvalue weighted by Crippen LogP contribution is -2.07. The Bertz CT molecular complexity index is 535. The summed E-state index contributed by atoms with van der Waals surface area (Å²) in [4.78, 5) is 0. The number of benzene rings is 1. The van der Waals surface area contributed by atoms with Crippen molar-refractivity contribution in [1.82, 2.24) is 10.2 Å². The molecule has 0 aliphatic rings. The highest BCUT2D eigenvalue weighted by Gasteiger charge is 2.03. The molecule has 0 unspecified atom stereocenters. The van der Waals surface area contributed by atoms with Gasteiger partial charge >= 0.3 is 0 Å². The summed E-state index contributed by atoms with van der Waals surface area (Å²) in [6.07, 6.45) is 4.29. The first-order chi connectivity index (χ1) is 9.74. The summed E-state index contributed by atoms with van der Waals surface area (Å²) in [5, 5.41) is 12.5. The highest BCUT2D eigenvalue weighted by molar-refractivity contribution is 8.01. The molecule has 0 saturated heterocycles. The van der Waals surface area contributed by atoms with Gasteiger partial charge in [-0.3, -0.25) is 0 Å². The normalized spacial score (nSPS) is 11.3. The van der Waals surface area contributed by atoms with Gasteiger partial charge in [0.05, 0.1) is 0 Å². The summed E-state index contributed by atoms with van der Waals surface area (Å²) in [7, 11) is 0. The summed E-state index contributed by atoms with van der Waals surface area (Å²) >= 11 is 3.33. The van der Waals surface area contributed by atoms with Crippen LogP contribution in [0.5, 0.6) is 0 Å². The predicted molar refractivity (Wildman–Crippen MR) is 89.4 cm³/mol. The number of anilines is 1. The van der Waals surface area contributed by atoms with Crippen molar-refractivity contribution in [2.75, 3.05) is 17.6 Å². The van der Waals surface area contributed by atoms with E-state index in [1.807, 2.05) is 18.2 Å². The van der Waals surface area contributed by atoms with Crippen LogP contribution in [0.25, 0.3) is 6.08 Å². The Hall–Kier alpha value is -1.33. The third kappa shape index (κ3) is 5.35. The summed E-state index contributed by atoms with van der Waals surface area (Å²) in [6.45, 7) is 5.29. The lowest BCUT2D eigenvalue weighted by molar-refractivity contribution is 0.687. The summed E-state index contributed by atoms with van der Waals surface area (Å²) in [6, 6.07) is 10.3. The van der Waals surface area contributed by atoms with E-state index in [-0.39, 0.29) is 0 Å². The van der Waals surface area contributed by atoms with E-state index in [4.69, 9.17) is 0 Å². The van der Waals surface area contributed by atoms with Crippen molar-refractivity contribution in [3.63, 3.8) is 0 Å². The standard InChI is InChI=1S/C15H19N3S2/c1-12(2)11-16-14-17-18-15(20-14)19-10-6-9-13-7-4-3-5-8-13/h3-9,12H,10-11H2,1-2H3,(H,16,17)/b9-6+. The van der Waals surface area contributed by atoms with Crippen LogP contribution in [-0.2, 0) is 0 Å². The van der Waals surface area contributed by atoms with E-state index >= 15 is 0 Å². The van der Waals surface area contributed by atoms with Crippen LogP contribution in [0.4, 0.5) is 5.13 Å². The SMILES string of the molecule is CC(C)CNc1nnc(SC/C=C/c2ccccc2)s1. The van der Waals surface area contributed by atoms with Crippen LogP contribution in [0, 0.1) is 5.92 Å². The third-order valence-electron chi connectivity index (χ3n) is 2.48. The number of aromatic nitrogens is 2. The average molecular weight is 305 g/mol. The molecule has 0 saturated carbocycles. The van der Waals surface area contributed by atoms with Gasteiger partial charge in [-0.25, -0.2) is 0 Å². The molecule has 2 rings (SSSR count). The molecule has 0 atom stereocenters. The van der Waals surface area contributed by atoms with E-state index < -0.39 is 0 Å². The van der Waals surface area contributed by atoms with E-state index in [9.17, 15) is 0 Å². The zero-order chi connectivity index (χ0) is 14.2. The number of hydrogen-bond donors (Lipinski definition) is 1. The average Bonchev–Trinajstić information content (AvgIpc) is 2.90. The van der Waals surface area contributed by atoms with Gasteiger partial charge in [0.25, 0.3) is 0 Å². The number of hydrogen-bond acceptors (Lipinski definition) is 5. The summed E-state index contributed by atoms with van der Waals surface area (Å²) < 4.78 is 1.01. The van der Waals surface area contributed by atoms with Crippen LogP contribution < -0.4 is 5.32 Å². The molecule has 1 aromatic carbocycles. The van der Waals surface area contributed by atoms with Gasteiger partial charge in [0.15, 0.2) is 4.34 Å². The van der Waals surface area contributed by atoms with Gasteiger partial charge in [-0.2, -0.15) is 0 Å². The first-order valence-corrected chi connectivity index (χ1v) is 8.46. The molecule has 0 fully saturated rings. The maximum atomic E-state index is 4.17. The zero-order valence-corrected chi connectivity index (χ0v) is 13.4. The van der Waals surface area contributed by atoms with Crippen LogP contribution >= 0.6 is 23.1 Å². The van der Waals surface area contributed by atoms with Crippen molar-refractivity contribution in [3.8, 4) is 0 Å². The zero-order valence-electron chi connectivity index (χ0n) is 11.7. The maximum absolute atomic E-state index is 4.17. The molecule has 20 heavy (non-hydrogen) atoms. The largest absolute Gasteiger partial charge is 0.360 e. The fourth-order valence-corrected chi connectivity index (χ4v) is 3.09. The molecule has 0 radical (unpaired) electrons. The van der Waals surface area contributed by atoms with Gasteiger partial charge in [0.1, 0.15) is 0 Å². The third-order valence-corrected chi connectivity index (χ3v) is 4.45. The lowest BCUT2D eigenvalue weighted by Gasteiger charge is -2.03. The summed E-state index contributed by atoms with van der Waals surface area (Å²) in [5.41, 5.74) is 1.23. The van der Waals surface area contributed by atoms with E-state index in [0.717, 1.165) is 21.8 Å². The lowest BCUT2D eigenvalue weighted by atomic mass is 10.2. The number of nitrogens with one attached hydrogen (secondary N) is 1. The molecule has 0 spiro atoms. The van der Waals surface area contributed by atoms with Gasteiger partial charge in [0.2, 0.25) is 5.13 Å². The first-order valence-electron chi connectivity index (χ1n) is 6.66. The number of thioether (sulfide) groups is 1. The van der Waals surface area contributed by atoms with E-state index in [0.29, 0.717) is 5.92 Å². The molecule has 0 aliphatic carbocycles. The van der Waals surface area contributed by atoms with Gasteiger partial charge < -0.3 is 5.32 Å². The predicted octanol–water partition coefficient (Wildman–Crippen LogP) is 4.41. The van der Waals surface area contributed by atoms with Crippen molar-refractivity contribution in [1.29, 1.82) is 0 Å². The Morgan fingerprint density at radius 2 is 2.05 bits per heavy atom. The maximum Gasteiger partial charge on any atom is 0.206 e. The molecule has 1 N–H and O–H groups in total. The van der Waals surface area contributed by atoms with Crippen LogP contribution in [-0.4, -0.2) is 22.5 Å². The molecule has 0 bridgehead atoms. The van der Waals surface area contributed by atoms with Crippen LogP contribution in [0.15, 0.2) is 40.7 Å².